The number of hydrogen-bond acceptors (Lipinski definition) is 1. The first-order chi connectivity index (χ1) is 3.39. The van der Waals surface area contributed by atoms with E-state index < -0.39 is 0 Å². The van der Waals surface area contributed by atoms with Crippen molar-refractivity contribution < 1.29 is 32.7 Å². The van der Waals surface area contributed by atoms with Gasteiger partial charge in [0.05, 0.1) is 0 Å². The number of rotatable bonds is 0. The quantitative estimate of drug-likeness (QED) is 0.547. The maximum absolute atomic E-state index is 3.92. The summed E-state index contributed by atoms with van der Waals surface area (Å²) in [6, 6.07) is 6.62. The molecule has 0 saturated heterocycles. The molecule has 0 fully saturated rings. The van der Waals surface area contributed by atoms with Crippen molar-refractivity contribution in [1.29, 1.82) is 0 Å². The van der Waals surface area contributed by atoms with Gasteiger partial charge in [-0.2, -0.15) is 6.07 Å². The van der Waals surface area contributed by atoms with Crippen LogP contribution in [0.3, 0.4) is 0 Å². The first-order valence-corrected chi connectivity index (χ1v) is 2.19. The third kappa shape index (κ3) is 2.53. The van der Waals surface area contributed by atoms with Crippen molar-refractivity contribution in [2.24, 2.45) is 0 Å². The number of hydrogen-bond donors (Lipinski definition) is 0. The molecule has 0 aromatic carbocycles. The summed E-state index contributed by atoms with van der Waals surface area (Å²) in [5, 5.41) is 0. The molecule has 0 saturated carbocycles. The van der Waals surface area contributed by atoms with Gasteiger partial charge in [-0.05, 0) is 6.92 Å². The predicted octanol–water partition coefficient (Wildman–Crippen LogP) is 1.19. The molecule has 0 N–H and O–H groups in total. The summed E-state index contributed by atoms with van der Waals surface area (Å²) in [4.78, 5) is 3.92. The summed E-state index contributed by atoms with van der Waals surface area (Å²) >= 11 is 0. The fourth-order valence-electron chi connectivity index (χ4n) is 0.404. The second-order valence-electron chi connectivity index (χ2n) is 1.37. The average molecular weight is 181 g/mol. The van der Waals surface area contributed by atoms with E-state index in [-0.39, 0.29) is 32.7 Å². The molecular weight excluding hydrogens is 175 g/mol. The molecule has 0 unspecified atom stereocenters. The Balaban J connectivity index is 0.000000490. The molecule has 0 bridgehead atoms. The topological polar surface area (TPSA) is 12.9 Å². The Labute approximate surface area is 74.4 Å². The standard InChI is InChI=1S/C6H6N.Y/c1-6-4-2-3-5-7-6;/h2-3,5H,1H3;/q-1;. The van der Waals surface area contributed by atoms with Crippen LogP contribution in [-0.4, -0.2) is 4.98 Å². The molecule has 0 spiro atoms. The van der Waals surface area contributed by atoms with Crippen LogP contribution in [0.5, 0.6) is 0 Å². The minimum Gasteiger partial charge on any atom is -0.301 e. The van der Waals surface area contributed by atoms with E-state index in [1.54, 1.807) is 6.20 Å². The van der Waals surface area contributed by atoms with Crippen LogP contribution < -0.4 is 0 Å². The number of aromatic nitrogens is 1. The summed E-state index contributed by atoms with van der Waals surface area (Å²) in [5.74, 6) is 0. The van der Waals surface area contributed by atoms with Crippen molar-refractivity contribution in [2.75, 3.05) is 0 Å². The van der Waals surface area contributed by atoms with Gasteiger partial charge < -0.3 is 4.98 Å². The molecule has 2 heteroatoms. The second kappa shape index (κ2) is 4.16. The Kier molecular flexibility index (Phi) is 4.30. The van der Waals surface area contributed by atoms with Gasteiger partial charge in [-0.3, -0.25) is 0 Å². The number of pyridine rings is 1. The number of nitrogens with zero attached hydrogens (tertiary/aromatic N) is 1. The van der Waals surface area contributed by atoms with Gasteiger partial charge in [0, 0.05) is 32.7 Å². The molecule has 1 aromatic heterocycles. The van der Waals surface area contributed by atoms with Gasteiger partial charge in [-0.1, -0.05) is 11.9 Å². The zero-order valence-electron chi connectivity index (χ0n) is 4.76. The van der Waals surface area contributed by atoms with Gasteiger partial charge in [0.25, 0.3) is 0 Å². The predicted molar refractivity (Wildman–Crippen MR) is 27.8 cm³/mol. The van der Waals surface area contributed by atoms with Crippen molar-refractivity contribution in [2.45, 2.75) is 6.92 Å². The van der Waals surface area contributed by atoms with Crippen molar-refractivity contribution in [3.05, 3.63) is 30.1 Å². The van der Waals surface area contributed by atoms with Gasteiger partial charge in [0.2, 0.25) is 0 Å². The van der Waals surface area contributed by atoms with Crippen molar-refractivity contribution in [3.8, 4) is 0 Å². The van der Waals surface area contributed by atoms with E-state index in [2.05, 4.69) is 11.1 Å². The molecule has 0 aliphatic heterocycles. The minimum atomic E-state index is 0. The first kappa shape index (κ1) is 8.25. The van der Waals surface area contributed by atoms with Crippen LogP contribution in [0, 0.1) is 13.0 Å². The Hall–Kier alpha value is 0.254. The Bertz CT molecular complexity index is 138. The van der Waals surface area contributed by atoms with Crippen LogP contribution >= 0.6 is 0 Å². The third-order valence-electron chi connectivity index (χ3n) is 0.743. The van der Waals surface area contributed by atoms with Crippen molar-refractivity contribution in [1.82, 2.24) is 4.98 Å². The fourth-order valence-corrected chi connectivity index (χ4v) is 0.404. The SMILES string of the molecule is Cc1[c-]cccn1.[Y]. The van der Waals surface area contributed by atoms with E-state index in [1.807, 2.05) is 19.1 Å². The largest absolute Gasteiger partial charge is 0.301 e. The summed E-state index contributed by atoms with van der Waals surface area (Å²) < 4.78 is 0. The van der Waals surface area contributed by atoms with Gasteiger partial charge in [0.15, 0.2) is 0 Å². The summed E-state index contributed by atoms with van der Waals surface area (Å²) in [6.45, 7) is 1.92. The van der Waals surface area contributed by atoms with Gasteiger partial charge >= 0.3 is 0 Å². The zero-order chi connectivity index (χ0) is 5.11. The Morgan fingerprint density at radius 2 is 2.38 bits per heavy atom. The normalized spacial score (nSPS) is 7.62. The van der Waals surface area contributed by atoms with Crippen LogP contribution in [0.1, 0.15) is 5.69 Å². The van der Waals surface area contributed by atoms with E-state index in [0.29, 0.717) is 0 Å². The maximum atomic E-state index is 3.92. The maximum Gasteiger partial charge on any atom is 0 e. The number of aryl methyl sites for hydroxylation is 1. The van der Waals surface area contributed by atoms with Crippen molar-refractivity contribution >= 4 is 0 Å². The molecule has 0 amide bonds. The van der Waals surface area contributed by atoms with Crippen LogP contribution in [0.4, 0.5) is 0 Å². The second-order valence-corrected chi connectivity index (χ2v) is 1.37. The van der Waals surface area contributed by atoms with Crippen LogP contribution in [-0.2, 0) is 32.7 Å². The third-order valence-corrected chi connectivity index (χ3v) is 0.743. The average Bonchev–Trinajstić information content (AvgIpc) is 1.69. The fraction of sp³-hybridized carbons (Fsp3) is 0.167. The smallest absolute Gasteiger partial charge is 0 e. The molecule has 8 heavy (non-hydrogen) atoms. The first-order valence-electron chi connectivity index (χ1n) is 2.19. The summed E-state index contributed by atoms with van der Waals surface area (Å²) in [5.41, 5.74) is 0.947. The van der Waals surface area contributed by atoms with E-state index in [0.717, 1.165) is 5.69 Å². The molecule has 0 aliphatic carbocycles. The molecule has 0 atom stereocenters. The van der Waals surface area contributed by atoms with Crippen LogP contribution in [0.25, 0.3) is 0 Å². The minimum absolute atomic E-state index is 0. The van der Waals surface area contributed by atoms with E-state index in [1.165, 1.54) is 0 Å². The molecule has 1 heterocycles. The zero-order valence-corrected chi connectivity index (χ0v) is 7.59. The summed E-state index contributed by atoms with van der Waals surface area (Å²) in [6.07, 6.45) is 1.76. The molecule has 1 aromatic rings. The van der Waals surface area contributed by atoms with E-state index >= 15 is 0 Å². The van der Waals surface area contributed by atoms with E-state index in [4.69, 9.17) is 0 Å². The van der Waals surface area contributed by atoms with Gasteiger partial charge in [0.1, 0.15) is 0 Å². The Morgan fingerprint density at radius 1 is 1.62 bits per heavy atom. The summed E-state index contributed by atoms with van der Waals surface area (Å²) in [7, 11) is 0. The Morgan fingerprint density at radius 3 is 2.62 bits per heavy atom. The monoisotopic (exact) mass is 181 g/mol. The van der Waals surface area contributed by atoms with Gasteiger partial charge in [-0.15, -0.1) is 0 Å². The molecule has 0 aliphatic rings. The van der Waals surface area contributed by atoms with E-state index in [9.17, 15) is 0 Å². The molecule has 39 valence electrons. The molecular formula is C6H6NY-. The molecule has 1 radical (unpaired) electrons. The van der Waals surface area contributed by atoms with Crippen LogP contribution in [0.2, 0.25) is 0 Å². The van der Waals surface area contributed by atoms with Crippen molar-refractivity contribution in [3.63, 3.8) is 0 Å². The van der Waals surface area contributed by atoms with Crippen LogP contribution in [0.15, 0.2) is 18.3 Å². The molecule has 1 nitrogen and oxygen atoms in total. The van der Waals surface area contributed by atoms with Gasteiger partial charge in [-0.25, -0.2) is 12.1 Å². The molecule has 1 rings (SSSR count).